The minimum Gasteiger partial charge on any atom is -0.426 e. The van der Waals surface area contributed by atoms with Crippen LogP contribution in [0.4, 0.5) is 0 Å². The van der Waals surface area contributed by atoms with E-state index in [0.717, 1.165) is 11.1 Å². The molecule has 0 N–H and O–H groups in total. The van der Waals surface area contributed by atoms with Crippen molar-refractivity contribution in [3.05, 3.63) is 54.1 Å². The van der Waals surface area contributed by atoms with Crippen molar-refractivity contribution in [2.45, 2.75) is 13.8 Å². The van der Waals surface area contributed by atoms with E-state index >= 15 is 0 Å². The van der Waals surface area contributed by atoms with Crippen LogP contribution in [0.25, 0.3) is 11.1 Å². The van der Waals surface area contributed by atoms with Gasteiger partial charge >= 0.3 is 5.97 Å². The average molecular weight is 265 g/mol. The molecule has 0 aliphatic rings. The summed E-state index contributed by atoms with van der Waals surface area (Å²) in [5, 5.41) is 8.81. The van der Waals surface area contributed by atoms with E-state index in [9.17, 15) is 4.79 Å². The van der Waals surface area contributed by atoms with Gasteiger partial charge in [-0.15, -0.1) is 0 Å². The Balaban J connectivity index is 2.36. The first-order valence-electron chi connectivity index (χ1n) is 6.43. The summed E-state index contributed by atoms with van der Waals surface area (Å²) < 4.78 is 5.41. The van der Waals surface area contributed by atoms with E-state index in [-0.39, 0.29) is 11.9 Å². The van der Waals surface area contributed by atoms with Crippen molar-refractivity contribution in [1.82, 2.24) is 0 Å². The Morgan fingerprint density at radius 3 is 2.35 bits per heavy atom. The Morgan fingerprint density at radius 2 is 1.75 bits per heavy atom. The first-order chi connectivity index (χ1) is 9.61. The fourth-order valence-electron chi connectivity index (χ4n) is 1.74. The Kier molecular flexibility index (Phi) is 4.17. The highest BCUT2D eigenvalue weighted by Gasteiger charge is 2.13. The van der Waals surface area contributed by atoms with E-state index in [1.165, 1.54) is 0 Å². The standard InChI is InChI=1S/C17H15NO2/c1-12(2)17(19)20-16-6-4-3-5-15(16)14-9-7-13(11-18)8-10-14/h3-10,12H,1-2H3. The van der Waals surface area contributed by atoms with Crippen molar-refractivity contribution in [1.29, 1.82) is 5.26 Å². The van der Waals surface area contributed by atoms with Crippen molar-refractivity contribution in [2.75, 3.05) is 0 Å². The van der Waals surface area contributed by atoms with Crippen LogP contribution in [0.1, 0.15) is 19.4 Å². The molecule has 2 aromatic carbocycles. The summed E-state index contributed by atoms with van der Waals surface area (Å²) in [6, 6.07) is 16.7. The summed E-state index contributed by atoms with van der Waals surface area (Å²) in [5.74, 6) is 0.103. The maximum Gasteiger partial charge on any atom is 0.313 e. The van der Waals surface area contributed by atoms with Crippen molar-refractivity contribution in [2.24, 2.45) is 5.92 Å². The number of carbonyl (C=O) groups is 1. The summed E-state index contributed by atoms with van der Waals surface area (Å²) in [6.07, 6.45) is 0. The number of carbonyl (C=O) groups excluding carboxylic acids is 1. The molecule has 0 saturated carbocycles. The zero-order valence-electron chi connectivity index (χ0n) is 11.5. The number of esters is 1. The molecule has 0 fully saturated rings. The molecule has 0 amide bonds. The van der Waals surface area contributed by atoms with Crippen LogP contribution in [-0.2, 0) is 4.79 Å². The predicted molar refractivity (Wildman–Crippen MR) is 77.1 cm³/mol. The van der Waals surface area contributed by atoms with E-state index in [2.05, 4.69) is 6.07 Å². The van der Waals surface area contributed by atoms with Crippen LogP contribution in [0.2, 0.25) is 0 Å². The van der Waals surface area contributed by atoms with E-state index in [0.29, 0.717) is 11.3 Å². The third kappa shape index (κ3) is 3.04. The summed E-state index contributed by atoms with van der Waals surface area (Å²) in [6.45, 7) is 3.60. The molecule has 0 bridgehead atoms. The van der Waals surface area contributed by atoms with Gasteiger partial charge in [0, 0.05) is 5.56 Å². The summed E-state index contributed by atoms with van der Waals surface area (Å²) >= 11 is 0. The average Bonchev–Trinajstić information content (AvgIpc) is 2.48. The smallest absolute Gasteiger partial charge is 0.313 e. The van der Waals surface area contributed by atoms with Crippen molar-refractivity contribution < 1.29 is 9.53 Å². The van der Waals surface area contributed by atoms with Gasteiger partial charge < -0.3 is 4.74 Å². The number of nitriles is 1. The fraction of sp³-hybridized carbons (Fsp3) is 0.176. The van der Waals surface area contributed by atoms with Gasteiger partial charge in [0.2, 0.25) is 0 Å². The number of hydrogen-bond donors (Lipinski definition) is 0. The molecule has 3 nitrogen and oxygen atoms in total. The first-order valence-corrected chi connectivity index (χ1v) is 6.43. The second kappa shape index (κ2) is 6.03. The number of nitrogens with zero attached hydrogens (tertiary/aromatic N) is 1. The molecule has 0 saturated heterocycles. The van der Waals surface area contributed by atoms with E-state index in [4.69, 9.17) is 10.00 Å². The summed E-state index contributed by atoms with van der Waals surface area (Å²) in [7, 11) is 0. The molecular weight excluding hydrogens is 250 g/mol. The molecular formula is C17H15NO2. The molecule has 0 spiro atoms. The zero-order valence-corrected chi connectivity index (χ0v) is 11.5. The Bertz CT molecular complexity index is 651. The molecule has 0 radical (unpaired) electrons. The molecule has 0 aliphatic heterocycles. The Labute approximate surface area is 118 Å². The number of ether oxygens (including phenoxy) is 1. The van der Waals surface area contributed by atoms with Gasteiger partial charge in [0.15, 0.2) is 0 Å². The Morgan fingerprint density at radius 1 is 1.10 bits per heavy atom. The number of rotatable bonds is 3. The van der Waals surface area contributed by atoms with Gasteiger partial charge in [0.25, 0.3) is 0 Å². The van der Waals surface area contributed by atoms with E-state index < -0.39 is 0 Å². The van der Waals surface area contributed by atoms with Gasteiger partial charge in [0.05, 0.1) is 17.6 Å². The Hall–Kier alpha value is -2.60. The van der Waals surface area contributed by atoms with Crippen LogP contribution in [0.15, 0.2) is 48.5 Å². The van der Waals surface area contributed by atoms with Crippen LogP contribution in [0, 0.1) is 17.2 Å². The SMILES string of the molecule is CC(C)C(=O)Oc1ccccc1-c1ccc(C#N)cc1. The molecule has 0 unspecified atom stereocenters. The van der Waals surface area contributed by atoms with Crippen LogP contribution < -0.4 is 4.74 Å². The van der Waals surface area contributed by atoms with Gasteiger partial charge in [-0.3, -0.25) is 4.79 Å². The normalized spacial score (nSPS) is 10.1. The lowest BCUT2D eigenvalue weighted by molar-refractivity contribution is -0.137. The van der Waals surface area contributed by atoms with Crippen LogP contribution in [0.3, 0.4) is 0 Å². The molecule has 2 rings (SSSR count). The van der Waals surface area contributed by atoms with Gasteiger partial charge in [-0.2, -0.15) is 5.26 Å². The highest BCUT2D eigenvalue weighted by molar-refractivity contribution is 5.79. The predicted octanol–water partition coefficient (Wildman–Crippen LogP) is 3.79. The molecule has 100 valence electrons. The monoisotopic (exact) mass is 265 g/mol. The van der Waals surface area contributed by atoms with Gasteiger partial charge in [-0.25, -0.2) is 0 Å². The minimum absolute atomic E-state index is 0.177. The highest BCUT2D eigenvalue weighted by Crippen LogP contribution is 2.30. The topological polar surface area (TPSA) is 50.1 Å². The summed E-state index contributed by atoms with van der Waals surface area (Å²) in [5.41, 5.74) is 2.35. The minimum atomic E-state index is -0.258. The van der Waals surface area contributed by atoms with Crippen molar-refractivity contribution in [3.63, 3.8) is 0 Å². The third-order valence-electron chi connectivity index (χ3n) is 2.89. The fourth-order valence-corrected chi connectivity index (χ4v) is 1.74. The highest BCUT2D eigenvalue weighted by atomic mass is 16.5. The number of hydrogen-bond acceptors (Lipinski definition) is 3. The van der Waals surface area contributed by atoms with E-state index in [1.807, 2.05) is 30.3 Å². The maximum absolute atomic E-state index is 11.7. The molecule has 3 heteroatoms. The molecule has 0 aromatic heterocycles. The van der Waals surface area contributed by atoms with Crippen LogP contribution in [0.5, 0.6) is 5.75 Å². The second-order valence-corrected chi connectivity index (χ2v) is 4.76. The third-order valence-corrected chi connectivity index (χ3v) is 2.89. The summed E-state index contributed by atoms with van der Waals surface area (Å²) in [4.78, 5) is 11.7. The molecule has 0 heterocycles. The van der Waals surface area contributed by atoms with Gasteiger partial charge in [-0.1, -0.05) is 44.2 Å². The number of para-hydroxylation sites is 1. The quantitative estimate of drug-likeness (QED) is 0.626. The lowest BCUT2D eigenvalue weighted by Crippen LogP contribution is -2.15. The molecule has 2 aromatic rings. The molecule has 0 aliphatic carbocycles. The largest absolute Gasteiger partial charge is 0.426 e. The van der Waals surface area contributed by atoms with Crippen molar-refractivity contribution in [3.8, 4) is 22.9 Å². The lowest BCUT2D eigenvalue weighted by Gasteiger charge is -2.11. The molecule has 20 heavy (non-hydrogen) atoms. The van der Waals surface area contributed by atoms with Crippen molar-refractivity contribution >= 4 is 5.97 Å². The molecule has 0 atom stereocenters. The maximum atomic E-state index is 11.7. The van der Waals surface area contributed by atoms with Gasteiger partial charge in [0.1, 0.15) is 5.75 Å². The van der Waals surface area contributed by atoms with E-state index in [1.54, 1.807) is 32.0 Å². The first kappa shape index (κ1) is 13.8. The van der Waals surface area contributed by atoms with Crippen LogP contribution in [-0.4, -0.2) is 5.97 Å². The van der Waals surface area contributed by atoms with Gasteiger partial charge in [-0.05, 0) is 23.8 Å². The van der Waals surface area contributed by atoms with Crippen LogP contribution >= 0.6 is 0 Å². The second-order valence-electron chi connectivity index (χ2n) is 4.76. The lowest BCUT2D eigenvalue weighted by atomic mass is 10.0. The zero-order chi connectivity index (χ0) is 14.5. The number of benzene rings is 2.